The van der Waals surface area contributed by atoms with Gasteiger partial charge in [-0.05, 0) is 36.2 Å². The molecule has 1 aromatic carbocycles. The molecule has 1 fully saturated rings. The number of rotatable bonds is 6. The molecule has 0 saturated carbocycles. The van der Waals surface area contributed by atoms with Crippen LogP contribution in [0.2, 0.25) is 0 Å². The molecule has 3 heterocycles. The molecule has 3 aromatic rings. The van der Waals surface area contributed by atoms with E-state index >= 15 is 0 Å². The van der Waals surface area contributed by atoms with Gasteiger partial charge in [0.25, 0.3) is 11.8 Å². The number of nitrogens with two attached hydrogens (primary N) is 1. The predicted molar refractivity (Wildman–Crippen MR) is 139 cm³/mol. The van der Waals surface area contributed by atoms with Gasteiger partial charge in [-0.3, -0.25) is 9.59 Å². The predicted octanol–water partition coefficient (Wildman–Crippen LogP) is 3.84. The maximum atomic E-state index is 14.3. The van der Waals surface area contributed by atoms with E-state index in [4.69, 9.17) is 10.5 Å². The second-order valence-corrected chi connectivity index (χ2v) is 9.32. The number of amides is 2. The topological polar surface area (TPSA) is 122 Å². The van der Waals surface area contributed by atoms with Crippen LogP contribution in [-0.4, -0.2) is 48.1 Å². The normalized spacial score (nSPS) is 13.6. The van der Waals surface area contributed by atoms with E-state index in [0.717, 1.165) is 11.1 Å². The SMILES string of the molecule is Cc1c(NC(=O)c2cc(F)cc(N3CCOCC3)c2)sc(C(=O)Nc2cnc(N)nc2)c1CI. The molecule has 1 saturated heterocycles. The number of nitrogen functional groups attached to an aromatic ring is 1. The van der Waals surface area contributed by atoms with Crippen LogP contribution in [0.25, 0.3) is 0 Å². The van der Waals surface area contributed by atoms with Crippen molar-refractivity contribution in [2.24, 2.45) is 0 Å². The van der Waals surface area contributed by atoms with Crippen molar-refractivity contribution in [1.29, 1.82) is 0 Å². The van der Waals surface area contributed by atoms with Gasteiger partial charge in [0.15, 0.2) is 0 Å². The number of hydrogen-bond acceptors (Lipinski definition) is 8. The summed E-state index contributed by atoms with van der Waals surface area (Å²) in [5, 5.41) is 6.13. The van der Waals surface area contributed by atoms with E-state index in [2.05, 4.69) is 43.2 Å². The smallest absolute Gasteiger partial charge is 0.266 e. The van der Waals surface area contributed by atoms with Crippen LogP contribution in [0.4, 0.5) is 26.7 Å². The second kappa shape index (κ2) is 10.6. The van der Waals surface area contributed by atoms with Gasteiger partial charge in [-0.1, -0.05) is 22.6 Å². The molecule has 9 nitrogen and oxygen atoms in total. The molecule has 0 aliphatic carbocycles. The summed E-state index contributed by atoms with van der Waals surface area (Å²) in [7, 11) is 0. The molecule has 0 spiro atoms. The lowest BCUT2D eigenvalue weighted by Gasteiger charge is -2.29. The first kappa shape index (κ1) is 24.3. The van der Waals surface area contributed by atoms with E-state index in [1.54, 1.807) is 6.07 Å². The van der Waals surface area contributed by atoms with E-state index in [1.165, 1.54) is 35.9 Å². The van der Waals surface area contributed by atoms with Gasteiger partial charge in [0.05, 0.1) is 41.2 Å². The number of ether oxygens (including phenoxy) is 1. The summed E-state index contributed by atoms with van der Waals surface area (Å²) in [4.78, 5) is 36.1. The zero-order chi connectivity index (χ0) is 24.2. The first-order valence-electron chi connectivity index (χ1n) is 10.4. The van der Waals surface area contributed by atoms with Crippen molar-refractivity contribution in [2.45, 2.75) is 11.4 Å². The Morgan fingerprint density at radius 3 is 2.56 bits per heavy atom. The summed E-state index contributed by atoms with van der Waals surface area (Å²) in [6.45, 7) is 4.21. The minimum atomic E-state index is -0.490. The Bertz CT molecular complexity index is 1210. The van der Waals surface area contributed by atoms with Crippen LogP contribution in [0.3, 0.4) is 0 Å². The van der Waals surface area contributed by atoms with Gasteiger partial charge in [0.2, 0.25) is 5.95 Å². The van der Waals surface area contributed by atoms with E-state index in [9.17, 15) is 14.0 Å². The molecule has 0 radical (unpaired) electrons. The largest absolute Gasteiger partial charge is 0.378 e. The molecule has 2 aromatic heterocycles. The number of nitrogens with one attached hydrogen (secondary N) is 2. The van der Waals surface area contributed by atoms with Gasteiger partial charge in [-0.2, -0.15) is 0 Å². The number of alkyl halides is 1. The Kier molecular flexibility index (Phi) is 7.58. The molecule has 4 rings (SSSR count). The number of anilines is 4. The van der Waals surface area contributed by atoms with E-state index in [-0.39, 0.29) is 17.4 Å². The second-order valence-electron chi connectivity index (χ2n) is 7.53. The Hall–Kier alpha value is -2.84. The third kappa shape index (κ3) is 5.45. The van der Waals surface area contributed by atoms with Gasteiger partial charge >= 0.3 is 0 Å². The van der Waals surface area contributed by atoms with Crippen LogP contribution in [0.1, 0.15) is 31.2 Å². The monoisotopic (exact) mass is 596 g/mol. The number of halogens is 2. The molecular weight excluding hydrogens is 574 g/mol. The maximum absolute atomic E-state index is 14.3. The highest BCUT2D eigenvalue weighted by molar-refractivity contribution is 14.1. The molecule has 4 N–H and O–H groups in total. The van der Waals surface area contributed by atoms with Gasteiger partial charge in [-0.25, -0.2) is 14.4 Å². The molecule has 12 heteroatoms. The van der Waals surface area contributed by atoms with Crippen molar-refractivity contribution in [3.63, 3.8) is 0 Å². The molecule has 0 bridgehead atoms. The Morgan fingerprint density at radius 2 is 1.88 bits per heavy atom. The number of carbonyl (C=O) groups is 2. The molecule has 1 aliphatic rings. The first-order chi connectivity index (χ1) is 16.4. The highest BCUT2D eigenvalue weighted by Crippen LogP contribution is 2.35. The van der Waals surface area contributed by atoms with Crippen molar-refractivity contribution in [1.82, 2.24) is 9.97 Å². The number of hydrogen-bond donors (Lipinski definition) is 3. The fourth-order valence-electron chi connectivity index (χ4n) is 3.49. The van der Waals surface area contributed by atoms with Gasteiger partial charge in [0, 0.05) is 28.8 Å². The van der Waals surface area contributed by atoms with Crippen LogP contribution in [0.5, 0.6) is 0 Å². The maximum Gasteiger partial charge on any atom is 0.266 e. The van der Waals surface area contributed by atoms with Crippen molar-refractivity contribution in [2.75, 3.05) is 47.6 Å². The Labute approximate surface area is 213 Å². The van der Waals surface area contributed by atoms with Crippen LogP contribution < -0.4 is 21.3 Å². The van der Waals surface area contributed by atoms with Crippen molar-refractivity contribution in [3.8, 4) is 0 Å². The fraction of sp³-hybridized carbons (Fsp3) is 0.273. The summed E-state index contributed by atoms with van der Waals surface area (Å²) < 4.78 is 20.2. The van der Waals surface area contributed by atoms with Gasteiger partial charge in [0.1, 0.15) is 5.82 Å². The zero-order valence-corrected chi connectivity index (χ0v) is 21.2. The van der Waals surface area contributed by atoms with Gasteiger partial charge < -0.3 is 26.0 Å². The molecule has 178 valence electrons. The third-order valence-corrected chi connectivity index (χ3v) is 7.30. The summed E-state index contributed by atoms with van der Waals surface area (Å²) in [6, 6.07) is 4.28. The summed E-state index contributed by atoms with van der Waals surface area (Å²) in [5.41, 5.74) is 8.33. The molecule has 0 unspecified atom stereocenters. The van der Waals surface area contributed by atoms with Crippen molar-refractivity contribution in [3.05, 3.63) is 58.0 Å². The van der Waals surface area contributed by atoms with Crippen LogP contribution in [0.15, 0.2) is 30.6 Å². The summed E-state index contributed by atoms with van der Waals surface area (Å²) in [5.74, 6) is -1.17. The molecule has 34 heavy (non-hydrogen) atoms. The quantitative estimate of drug-likeness (QED) is 0.292. The van der Waals surface area contributed by atoms with Crippen molar-refractivity contribution >= 4 is 68.1 Å². The number of benzene rings is 1. The minimum Gasteiger partial charge on any atom is -0.378 e. The highest BCUT2D eigenvalue weighted by Gasteiger charge is 2.22. The Morgan fingerprint density at radius 1 is 1.18 bits per heavy atom. The zero-order valence-electron chi connectivity index (χ0n) is 18.2. The fourth-order valence-corrected chi connectivity index (χ4v) is 5.81. The number of thiophene rings is 1. The average molecular weight is 596 g/mol. The number of aromatic nitrogens is 2. The lowest BCUT2D eigenvalue weighted by Crippen LogP contribution is -2.36. The van der Waals surface area contributed by atoms with E-state index in [1.807, 2.05) is 11.8 Å². The Balaban J connectivity index is 1.55. The third-order valence-electron chi connectivity index (χ3n) is 5.29. The molecule has 1 aliphatic heterocycles. The molecular formula is C22H22FIN6O3S. The van der Waals surface area contributed by atoms with Crippen LogP contribution in [-0.2, 0) is 9.16 Å². The standard InChI is InChI=1S/C22H22FIN6O3S/c1-12-17(9-24)18(20(32)28-15-10-26-22(25)27-11-15)34-21(12)29-19(31)13-6-14(23)8-16(7-13)30-2-4-33-5-3-30/h6-8,10-11H,2-5,9H2,1H3,(H,28,32)(H,29,31)(H2,25,26,27). The van der Waals surface area contributed by atoms with Crippen LogP contribution >= 0.6 is 33.9 Å². The lowest BCUT2D eigenvalue weighted by atomic mass is 10.1. The van der Waals surface area contributed by atoms with E-state index < -0.39 is 11.7 Å². The van der Waals surface area contributed by atoms with Crippen molar-refractivity contribution < 1.29 is 18.7 Å². The minimum absolute atomic E-state index is 0.108. The average Bonchev–Trinajstić information content (AvgIpc) is 3.15. The number of nitrogens with zero attached hydrogens (tertiary/aromatic N) is 3. The highest BCUT2D eigenvalue weighted by atomic mass is 127. The number of carbonyl (C=O) groups excluding carboxylic acids is 2. The summed E-state index contributed by atoms with van der Waals surface area (Å²) >= 11 is 3.34. The van der Waals surface area contributed by atoms with E-state index in [0.29, 0.717) is 52.0 Å². The van der Waals surface area contributed by atoms with Gasteiger partial charge in [-0.15, -0.1) is 11.3 Å². The molecule has 2 amide bonds. The number of morpholine rings is 1. The first-order valence-corrected chi connectivity index (χ1v) is 12.7. The van der Waals surface area contributed by atoms with Crippen LogP contribution in [0, 0.1) is 12.7 Å². The summed E-state index contributed by atoms with van der Waals surface area (Å²) in [6.07, 6.45) is 2.84. The lowest BCUT2D eigenvalue weighted by molar-refractivity contribution is 0.101. The molecule has 0 atom stereocenters.